The number of pyridine rings is 1. The number of carbonyl (C=O) groups excluding carboxylic acids is 1. The Hall–Kier alpha value is -3.93. The molecular formula is C28H27F5N4O3. The maximum absolute atomic E-state index is 14.9. The number of amides is 1. The zero-order valence-electron chi connectivity index (χ0n) is 21.6. The molecule has 0 radical (unpaired) electrons. The van der Waals surface area contributed by atoms with E-state index < -0.39 is 40.4 Å². The highest BCUT2D eigenvalue weighted by Gasteiger charge is 2.36. The van der Waals surface area contributed by atoms with E-state index in [9.17, 15) is 31.5 Å². The predicted octanol–water partition coefficient (Wildman–Crippen LogP) is 5.13. The fraction of sp³-hybridized carbons (Fsp3) is 0.357. The number of piperazine rings is 1. The lowest BCUT2D eigenvalue weighted by atomic mass is 10.0. The van der Waals surface area contributed by atoms with Crippen molar-refractivity contribution in [2.45, 2.75) is 19.0 Å². The highest BCUT2D eigenvalue weighted by molar-refractivity contribution is 6.07. The molecule has 1 amide bonds. The molecule has 2 aromatic carbocycles. The van der Waals surface area contributed by atoms with Crippen LogP contribution in [0.15, 0.2) is 47.4 Å². The zero-order valence-corrected chi connectivity index (χ0v) is 21.6. The number of alkyl halides is 3. The van der Waals surface area contributed by atoms with Crippen molar-refractivity contribution >= 4 is 17.3 Å². The smallest absolute Gasteiger partial charge is 0.417 e. The van der Waals surface area contributed by atoms with Gasteiger partial charge in [0.1, 0.15) is 5.82 Å². The highest BCUT2D eigenvalue weighted by Crippen LogP contribution is 2.37. The number of H-pyrrole nitrogens is 1. The molecule has 2 aliphatic rings. The largest absolute Gasteiger partial charge is 0.490 e. The summed E-state index contributed by atoms with van der Waals surface area (Å²) in [5.41, 5.74) is -2.23. The monoisotopic (exact) mass is 562 g/mol. The van der Waals surface area contributed by atoms with Crippen LogP contribution in [0.1, 0.15) is 28.8 Å². The van der Waals surface area contributed by atoms with E-state index in [1.54, 1.807) is 12.1 Å². The number of hydrogen-bond donors (Lipinski definition) is 2. The second-order valence-corrected chi connectivity index (χ2v) is 10.1. The predicted molar refractivity (Wildman–Crippen MR) is 140 cm³/mol. The highest BCUT2D eigenvalue weighted by atomic mass is 19.4. The van der Waals surface area contributed by atoms with Gasteiger partial charge in [0.25, 0.3) is 5.91 Å². The Balaban J connectivity index is 1.53. The van der Waals surface area contributed by atoms with Crippen LogP contribution < -0.4 is 20.5 Å². The third-order valence-corrected chi connectivity index (χ3v) is 7.07. The van der Waals surface area contributed by atoms with Gasteiger partial charge in [-0.1, -0.05) is 6.07 Å². The van der Waals surface area contributed by atoms with Gasteiger partial charge < -0.3 is 24.8 Å². The molecule has 1 aliphatic carbocycles. The molecule has 0 bridgehead atoms. The molecular weight excluding hydrogens is 535 g/mol. The fourth-order valence-corrected chi connectivity index (χ4v) is 4.56. The Morgan fingerprint density at radius 2 is 1.77 bits per heavy atom. The summed E-state index contributed by atoms with van der Waals surface area (Å²) >= 11 is 0. The molecule has 1 aliphatic heterocycles. The summed E-state index contributed by atoms with van der Waals surface area (Å²) in [4.78, 5) is 30.9. The van der Waals surface area contributed by atoms with Crippen LogP contribution in [0.4, 0.5) is 33.3 Å². The van der Waals surface area contributed by atoms with Crippen LogP contribution >= 0.6 is 0 Å². The summed E-state index contributed by atoms with van der Waals surface area (Å²) < 4.78 is 75.8. The molecule has 40 heavy (non-hydrogen) atoms. The summed E-state index contributed by atoms with van der Waals surface area (Å²) in [6.45, 7) is 2.89. The number of aromatic amines is 1. The van der Waals surface area contributed by atoms with Crippen molar-refractivity contribution in [3.63, 3.8) is 0 Å². The first-order valence-electron chi connectivity index (χ1n) is 12.8. The minimum atomic E-state index is -4.95. The van der Waals surface area contributed by atoms with Crippen LogP contribution in [0.5, 0.6) is 5.75 Å². The van der Waals surface area contributed by atoms with Crippen molar-refractivity contribution in [1.29, 1.82) is 0 Å². The number of benzene rings is 2. The van der Waals surface area contributed by atoms with Crippen molar-refractivity contribution in [3.05, 3.63) is 75.7 Å². The van der Waals surface area contributed by atoms with Gasteiger partial charge in [0.05, 0.1) is 29.1 Å². The number of carbonyl (C=O) groups is 1. The van der Waals surface area contributed by atoms with Gasteiger partial charge in [0.15, 0.2) is 11.6 Å². The average Bonchev–Trinajstić information content (AvgIpc) is 3.73. The lowest BCUT2D eigenvalue weighted by Gasteiger charge is -2.35. The van der Waals surface area contributed by atoms with Crippen LogP contribution in [0, 0.1) is 17.6 Å². The third kappa shape index (κ3) is 6.11. The van der Waals surface area contributed by atoms with Crippen molar-refractivity contribution in [3.8, 4) is 16.9 Å². The Labute approximate surface area is 226 Å². The Bertz CT molecular complexity index is 1480. The van der Waals surface area contributed by atoms with Crippen molar-refractivity contribution < 1.29 is 31.5 Å². The number of nitrogens with zero attached hydrogens (tertiary/aromatic N) is 2. The van der Waals surface area contributed by atoms with E-state index in [0.29, 0.717) is 56.7 Å². The molecule has 7 nitrogen and oxygen atoms in total. The van der Waals surface area contributed by atoms with E-state index in [0.717, 1.165) is 18.9 Å². The molecule has 12 heteroatoms. The molecule has 2 fully saturated rings. The molecule has 2 heterocycles. The van der Waals surface area contributed by atoms with E-state index >= 15 is 0 Å². The van der Waals surface area contributed by atoms with Gasteiger partial charge in [-0.2, -0.15) is 13.2 Å². The first kappa shape index (κ1) is 27.6. The maximum atomic E-state index is 14.9. The number of aromatic nitrogens is 1. The maximum Gasteiger partial charge on any atom is 0.417 e. The van der Waals surface area contributed by atoms with Gasteiger partial charge in [-0.25, -0.2) is 8.78 Å². The van der Waals surface area contributed by atoms with E-state index in [2.05, 4.69) is 15.2 Å². The number of rotatable bonds is 7. The Morgan fingerprint density at radius 1 is 1.05 bits per heavy atom. The first-order chi connectivity index (χ1) is 19.0. The van der Waals surface area contributed by atoms with Crippen LogP contribution in [0.2, 0.25) is 0 Å². The topological polar surface area (TPSA) is 77.7 Å². The minimum Gasteiger partial charge on any atom is -0.490 e. The van der Waals surface area contributed by atoms with Gasteiger partial charge in [0.2, 0.25) is 5.56 Å². The summed E-state index contributed by atoms with van der Waals surface area (Å²) in [5, 5.41) is 2.53. The number of likely N-dealkylation sites (N-methyl/N-ethyl adjacent to an activating group) is 1. The van der Waals surface area contributed by atoms with Crippen LogP contribution in [-0.2, 0) is 6.18 Å². The fourth-order valence-electron chi connectivity index (χ4n) is 4.56. The first-order valence-corrected chi connectivity index (χ1v) is 12.8. The SMILES string of the molecule is CN1CCN(c2ccc(-c3cc(OCC4CC4)c(F)cc3F)cc2NC(=O)c2c[nH]c(=O)cc2C(F)(F)F)CC1. The van der Waals surface area contributed by atoms with Gasteiger partial charge >= 0.3 is 6.18 Å². The Kier molecular flexibility index (Phi) is 7.54. The van der Waals surface area contributed by atoms with Crippen LogP contribution in [0.25, 0.3) is 11.1 Å². The van der Waals surface area contributed by atoms with Gasteiger partial charge in [0, 0.05) is 50.1 Å². The van der Waals surface area contributed by atoms with E-state index in [-0.39, 0.29) is 22.6 Å². The van der Waals surface area contributed by atoms with Crippen LogP contribution in [-0.4, -0.2) is 55.6 Å². The molecule has 1 saturated carbocycles. The molecule has 3 aromatic rings. The third-order valence-electron chi connectivity index (χ3n) is 7.07. The average molecular weight is 563 g/mol. The standard InChI is InChI=1S/C28H27F5N4O3/c1-36-6-8-37(9-7-36)24-5-4-17(18-11-25(22(30)13-21(18)29)40-15-16-2-3-16)10-23(24)35-27(39)19-14-34-26(38)12-20(19)28(31,32)33/h4-5,10-14,16H,2-3,6-9,15H2,1H3,(H,34,38)(H,35,39). The van der Waals surface area contributed by atoms with Gasteiger partial charge in [-0.15, -0.1) is 0 Å². The number of ether oxygens (including phenoxy) is 1. The summed E-state index contributed by atoms with van der Waals surface area (Å²) in [5.74, 6) is -2.58. The minimum absolute atomic E-state index is 0.00708. The van der Waals surface area contributed by atoms with E-state index in [4.69, 9.17) is 4.74 Å². The molecule has 1 saturated heterocycles. The van der Waals surface area contributed by atoms with Crippen LogP contribution in [0.3, 0.4) is 0 Å². The quantitative estimate of drug-likeness (QED) is 0.391. The molecule has 2 N–H and O–H groups in total. The number of halogens is 5. The Morgan fingerprint density at radius 3 is 2.45 bits per heavy atom. The second-order valence-electron chi connectivity index (χ2n) is 10.1. The molecule has 0 atom stereocenters. The van der Waals surface area contributed by atoms with Crippen molar-refractivity contribution in [2.24, 2.45) is 5.92 Å². The van der Waals surface area contributed by atoms with E-state index in [1.807, 2.05) is 11.9 Å². The molecule has 0 spiro atoms. The molecule has 0 unspecified atom stereocenters. The zero-order chi connectivity index (χ0) is 28.6. The number of anilines is 2. The summed E-state index contributed by atoms with van der Waals surface area (Å²) in [6.07, 6.45) is -2.27. The number of nitrogens with one attached hydrogen (secondary N) is 2. The van der Waals surface area contributed by atoms with E-state index in [1.165, 1.54) is 12.1 Å². The molecule has 1 aromatic heterocycles. The van der Waals surface area contributed by atoms with Gasteiger partial charge in [-0.3, -0.25) is 9.59 Å². The second kappa shape index (κ2) is 10.9. The summed E-state index contributed by atoms with van der Waals surface area (Å²) in [7, 11) is 1.96. The lowest BCUT2D eigenvalue weighted by Crippen LogP contribution is -2.44. The molecule has 212 valence electrons. The summed E-state index contributed by atoms with van der Waals surface area (Å²) in [6, 6.07) is 6.97. The van der Waals surface area contributed by atoms with Crippen molar-refractivity contribution in [1.82, 2.24) is 9.88 Å². The number of hydrogen-bond acceptors (Lipinski definition) is 5. The lowest BCUT2D eigenvalue weighted by molar-refractivity contribution is -0.138. The molecule has 5 rings (SSSR count). The van der Waals surface area contributed by atoms with Crippen molar-refractivity contribution in [2.75, 3.05) is 50.1 Å². The normalized spacial score (nSPS) is 16.2. The van der Waals surface area contributed by atoms with Gasteiger partial charge in [-0.05, 0) is 49.6 Å².